The Morgan fingerprint density at radius 1 is 1.25 bits per heavy atom. The van der Waals surface area contributed by atoms with Gasteiger partial charge in [-0.1, -0.05) is 20.8 Å². The lowest BCUT2D eigenvalue weighted by Gasteiger charge is -2.28. The Morgan fingerprint density at radius 2 is 2.00 bits per heavy atom. The zero-order chi connectivity index (χ0) is 8.72. The Bertz CT molecular complexity index is 164. The Hall–Kier alpha value is -0.0400. The van der Waals surface area contributed by atoms with E-state index in [1.54, 1.807) is 5.92 Å². The van der Waals surface area contributed by atoms with Gasteiger partial charge < -0.3 is 4.74 Å². The number of fused-ring (bicyclic) bond motifs is 1. The third-order valence-electron chi connectivity index (χ3n) is 3.66. The highest BCUT2D eigenvalue weighted by atomic mass is 16.6. The van der Waals surface area contributed by atoms with Gasteiger partial charge in [0.25, 0.3) is 0 Å². The van der Waals surface area contributed by atoms with E-state index in [0.717, 1.165) is 11.8 Å². The average molecular weight is 167 g/mol. The summed E-state index contributed by atoms with van der Waals surface area (Å²) in [6.45, 7) is 6.87. The molecule has 4 atom stereocenters. The summed E-state index contributed by atoms with van der Waals surface area (Å²) in [7, 11) is 0. The molecule has 2 rings (SSSR count). The maximum Gasteiger partial charge on any atom is 0.0844 e. The lowest BCUT2D eigenvalue weighted by atomic mass is 9.76. The molecule has 0 aromatic heterocycles. The molecular formula is C11H19O. The molecule has 0 aromatic rings. The standard InChI is InChI=1S/C11H19O/c1-7(2)8(3)9-4-5-10-11(6-9)12-10/h8-11H,4-6H2,1-3H3. The van der Waals surface area contributed by atoms with Crippen molar-refractivity contribution in [2.45, 2.75) is 52.2 Å². The number of hydrogen-bond donors (Lipinski definition) is 0. The van der Waals surface area contributed by atoms with E-state index in [0.29, 0.717) is 12.2 Å². The van der Waals surface area contributed by atoms with E-state index in [-0.39, 0.29) is 0 Å². The predicted octanol–water partition coefficient (Wildman–Crippen LogP) is 2.80. The van der Waals surface area contributed by atoms with E-state index < -0.39 is 0 Å². The van der Waals surface area contributed by atoms with Gasteiger partial charge in [0.1, 0.15) is 0 Å². The van der Waals surface area contributed by atoms with Crippen molar-refractivity contribution in [3.8, 4) is 0 Å². The lowest BCUT2D eigenvalue weighted by molar-refractivity contribution is 0.290. The molecule has 2 fully saturated rings. The quantitative estimate of drug-likeness (QED) is 0.576. The first-order valence-electron chi connectivity index (χ1n) is 5.14. The second-order valence-corrected chi connectivity index (χ2v) is 4.65. The summed E-state index contributed by atoms with van der Waals surface area (Å²) < 4.78 is 5.53. The molecule has 0 spiro atoms. The second kappa shape index (κ2) is 3.02. The van der Waals surface area contributed by atoms with E-state index in [1.165, 1.54) is 19.3 Å². The highest BCUT2D eigenvalue weighted by Gasteiger charge is 2.45. The van der Waals surface area contributed by atoms with Crippen molar-refractivity contribution in [1.82, 2.24) is 0 Å². The van der Waals surface area contributed by atoms with Crippen LogP contribution in [0, 0.1) is 17.8 Å². The Balaban J connectivity index is 1.87. The zero-order valence-corrected chi connectivity index (χ0v) is 8.34. The molecule has 4 unspecified atom stereocenters. The molecule has 69 valence electrons. The van der Waals surface area contributed by atoms with Crippen LogP contribution in [0.4, 0.5) is 0 Å². The van der Waals surface area contributed by atoms with Crippen LogP contribution in [-0.4, -0.2) is 12.2 Å². The van der Waals surface area contributed by atoms with Crippen molar-refractivity contribution in [2.24, 2.45) is 11.8 Å². The van der Waals surface area contributed by atoms with Crippen LogP contribution in [0.3, 0.4) is 0 Å². The van der Waals surface area contributed by atoms with Crippen LogP contribution < -0.4 is 0 Å². The molecule has 2 aliphatic rings. The molecule has 0 aromatic carbocycles. The molecule has 12 heavy (non-hydrogen) atoms. The molecule has 1 aliphatic heterocycles. The molecule has 1 heteroatoms. The number of ether oxygens (including phenoxy) is 1. The van der Waals surface area contributed by atoms with Crippen molar-refractivity contribution in [1.29, 1.82) is 0 Å². The molecule has 1 aliphatic carbocycles. The first-order valence-corrected chi connectivity index (χ1v) is 5.14. The van der Waals surface area contributed by atoms with Crippen LogP contribution in [0.15, 0.2) is 0 Å². The van der Waals surface area contributed by atoms with Gasteiger partial charge in [0.15, 0.2) is 0 Å². The summed E-state index contributed by atoms with van der Waals surface area (Å²) >= 11 is 0. The number of hydrogen-bond acceptors (Lipinski definition) is 1. The van der Waals surface area contributed by atoms with Gasteiger partial charge in [-0.05, 0) is 37.0 Å². The predicted molar refractivity (Wildman–Crippen MR) is 49.8 cm³/mol. The maximum atomic E-state index is 5.53. The van der Waals surface area contributed by atoms with Gasteiger partial charge in [0, 0.05) is 0 Å². The van der Waals surface area contributed by atoms with Gasteiger partial charge in [-0.15, -0.1) is 0 Å². The van der Waals surface area contributed by atoms with Crippen LogP contribution in [0.2, 0.25) is 0 Å². The lowest BCUT2D eigenvalue weighted by Crippen LogP contribution is -2.22. The molecule has 0 bridgehead atoms. The molecule has 0 amide bonds. The normalized spacial score (nSPS) is 42.5. The van der Waals surface area contributed by atoms with E-state index in [9.17, 15) is 0 Å². The molecule has 1 saturated heterocycles. The molecular weight excluding hydrogens is 148 g/mol. The van der Waals surface area contributed by atoms with Crippen LogP contribution in [-0.2, 0) is 4.74 Å². The Morgan fingerprint density at radius 3 is 2.58 bits per heavy atom. The maximum absolute atomic E-state index is 5.53. The van der Waals surface area contributed by atoms with Crippen molar-refractivity contribution in [3.63, 3.8) is 0 Å². The Labute approximate surface area is 75.5 Å². The smallest absolute Gasteiger partial charge is 0.0844 e. The molecule has 1 radical (unpaired) electrons. The third kappa shape index (κ3) is 1.52. The van der Waals surface area contributed by atoms with Crippen molar-refractivity contribution in [2.75, 3.05) is 0 Å². The molecule has 0 N–H and O–H groups in total. The van der Waals surface area contributed by atoms with Gasteiger partial charge in [-0.2, -0.15) is 0 Å². The summed E-state index contributed by atoms with van der Waals surface area (Å²) in [5.41, 5.74) is 0. The van der Waals surface area contributed by atoms with E-state index in [1.807, 2.05) is 0 Å². The third-order valence-corrected chi connectivity index (χ3v) is 3.66. The van der Waals surface area contributed by atoms with E-state index in [4.69, 9.17) is 4.74 Å². The Kier molecular flexibility index (Phi) is 2.16. The van der Waals surface area contributed by atoms with E-state index in [2.05, 4.69) is 20.8 Å². The molecule has 1 saturated carbocycles. The van der Waals surface area contributed by atoms with Crippen LogP contribution >= 0.6 is 0 Å². The first-order chi connectivity index (χ1) is 5.68. The largest absolute Gasteiger partial charge is 0.370 e. The van der Waals surface area contributed by atoms with Crippen LogP contribution in [0.25, 0.3) is 0 Å². The summed E-state index contributed by atoms with van der Waals surface area (Å²) in [5.74, 6) is 3.29. The number of epoxide rings is 1. The van der Waals surface area contributed by atoms with Gasteiger partial charge in [-0.25, -0.2) is 0 Å². The summed E-state index contributed by atoms with van der Waals surface area (Å²) in [6, 6.07) is 0. The first kappa shape index (κ1) is 8.55. The highest BCUT2D eigenvalue weighted by Crippen LogP contribution is 2.43. The fourth-order valence-electron chi connectivity index (χ4n) is 2.36. The topological polar surface area (TPSA) is 12.5 Å². The fraction of sp³-hybridized carbons (Fsp3) is 0.909. The number of rotatable bonds is 2. The van der Waals surface area contributed by atoms with Gasteiger partial charge in [-0.3, -0.25) is 0 Å². The van der Waals surface area contributed by atoms with E-state index >= 15 is 0 Å². The fourth-order valence-corrected chi connectivity index (χ4v) is 2.36. The minimum Gasteiger partial charge on any atom is -0.370 e. The summed E-state index contributed by atoms with van der Waals surface area (Å²) in [5, 5.41) is 0. The minimum atomic E-state index is 0.644. The summed E-state index contributed by atoms with van der Waals surface area (Å²) in [4.78, 5) is 0. The van der Waals surface area contributed by atoms with Gasteiger partial charge in [0.05, 0.1) is 12.2 Å². The molecule has 1 heterocycles. The van der Waals surface area contributed by atoms with Crippen LogP contribution in [0.1, 0.15) is 40.0 Å². The van der Waals surface area contributed by atoms with Crippen molar-refractivity contribution >= 4 is 0 Å². The van der Waals surface area contributed by atoms with Gasteiger partial charge >= 0.3 is 0 Å². The second-order valence-electron chi connectivity index (χ2n) is 4.65. The van der Waals surface area contributed by atoms with Crippen molar-refractivity contribution in [3.05, 3.63) is 5.92 Å². The minimum absolute atomic E-state index is 0.644. The monoisotopic (exact) mass is 167 g/mol. The summed E-state index contributed by atoms with van der Waals surface area (Å²) in [6.07, 6.45) is 5.31. The SMILES string of the molecule is C[C](C)C(C)C1CCC2OC2C1. The van der Waals surface area contributed by atoms with Crippen LogP contribution in [0.5, 0.6) is 0 Å². The highest BCUT2D eigenvalue weighted by molar-refractivity contribution is 4.97. The van der Waals surface area contributed by atoms with Gasteiger partial charge in [0.2, 0.25) is 0 Å². The average Bonchev–Trinajstić information content (AvgIpc) is 2.79. The zero-order valence-electron chi connectivity index (χ0n) is 8.34. The van der Waals surface area contributed by atoms with Crippen molar-refractivity contribution < 1.29 is 4.74 Å². The molecule has 1 nitrogen and oxygen atoms in total.